The molecule has 3 rings (SSSR count). The molecule has 40 heavy (non-hydrogen) atoms. The summed E-state index contributed by atoms with van der Waals surface area (Å²) in [4.78, 5) is 54.5. The van der Waals surface area contributed by atoms with E-state index in [0.717, 1.165) is 22.0 Å². The molecule has 4 unspecified atom stereocenters. The number of hydrogen-bond donors (Lipinski definition) is 7. The van der Waals surface area contributed by atoms with Crippen molar-refractivity contribution in [1.82, 2.24) is 20.9 Å². The van der Waals surface area contributed by atoms with Crippen molar-refractivity contribution in [3.05, 3.63) is 71.9 Å². The summed E-state index contributed by atoms with van der Waals surface area (Å²) in [5.74, 6) is -2.42. The fourth-order valence-corrected chi connectivity index (χ4v) is 4.91. The molecule has 0 aliphatic heterocycles. The van der Waals surface area contributed by atoms with Crippen molar-refractivity contribution in [3.8, 4) is 0 Å². The molecular weight excluding hydrogens is 550 g/mol. The zero-order chi connectivity index (χ0) is 29.1. The van der Waals surface area contributed by atoms with Crippen LogP contribution in [0, 0.1) is 0 Å². The van der Waals surface area contributed by atoms with Crippen LogP contribution in [0.15, 0.2) is 60.8 Å². The maximum atomic E-state index is 13.7. The molecule has 214 valence electrons. The van der Waals surface area contributed by atoms with Crippen molar-refractivity contribution in [3.63, 3.8) is 0 Å². The highest BCUT2D eigenvalue weighted by atomic mass is 32.2. The minimum Gasteiger partial charge on any atom is -0.480 e. The first-order chi connectivity index (χ1) is 19.2. The van der Waals surface area contributed by atoms with E-state index < -0.39 is 47.9 Å². The fraction of sp³-hybridized carbons (Fsp3) is 0.357. The van der Waals surface area contributed by atoms with Gasteiger partial charge in [-0.15, -0.1) is 0 Å². The van der Waals surface area contributed by atoms with Crippen LogP contribution in [0.3, 0.4) is 0 Å². The third-order valence-electron chi connectivity index (χ3n) is 6.41. The number of benzene rings is 2. The van der Waals surface area contributed by atoms with Gasteiger partial charge in [0.15, 0.2) is 0 Å². The molecule has 0 aliphatic carbocycles. The first-order valence-electron chi connectivity index (χ1n) is 12.8. The van der Waals surface area contributed by atoms with Crippen molar-refractivity contribution >= 4 is 59.0 Å². The molecule has 4 atom stereocenters. The Labute approximate surface area is 242 Å². The lowest BCUT2D eigenvalue weighted by Gasteiger charge is -2.25. The Bertz CT molecular complexity index is 1300. The van der Waals surface area contributed by atoms with E-state index in [0.29, 0.717) is 12.2 Å². The number of aromatic nitrogens is 1. The van der Waals surface area contributed by atoms with Crippen LogP contribution < -0.4 is 21.7 Å². The summed E-state index contributed by atoms with van der Waals surface area (Å²) in [7, 11) is 0. The summed E-state index contributed by atoms with van der Waals surface area (Å²) in [5.41, 5.74) is 8.52. The molecule has 3 aromatic rings. The van der Waals surface area contributed by atoms with Gasteiger partial charge in [0, 0.05) is 35.7 Å². The average Bonchev–Trinajstić information content (AvgIpc) is 3.36. The van der Waals surface area contributed by atoms with Gasteiger partial charge >= 0.3 is 5.97 Å². The maximum Gasteiger partial charge on any atom is 0.327 e. The second kappa shape index (κ2) is 15.3. The molecule has 1 heterocycles. The number of carbonyl (C=O) groups excluding carboxylic acids is 3. The Morgan fingerprint density at radius 1 is 0.900 bits per heavy atom. The molecule has 0 spiro atoms. The van der Waals surface area contributed by atoms with Crippen LogP contribution in [0.1, 0.15) is 17.5 Å². The van der Waals surface area contributed by atoms with Crippen LogP contribution in [-0.4, -0.2) is 75.7 Å². The monoisotopic (exact) mass is 585 g/mol. The van der Waals surface area contributed by atoms with Gasteiger partial charge < -0.3 is 31.8 Å². The highest BCUT2D eigenvalue weighted by Gasteiger charge is 2.31. The largest absolute Gasteiger partial charge is 0.480 e. The molecule has 0 radical (unpaired) electrons. The first-order valence-corrected chi connectivity index (χ1v) is 14.8. The van der Waals surface area contributed by atoms with Gasteiger partial charge in [-0.3, -0.25) is 14.4 Å². The number of thioether (sulfide) groups is 1. The number of thiol groups is 1. The van der Waals surface area contributed by atoms with E-state index in [4.69, 9.17) is 5.73 Å². The Balaban J connectivity index is 1.87. The van der Waals surface area contributed by atoms with Crippen molar-refractivity contribution in [1.29, 1.82) is 0 Å². The van der Waals surface area contributed by atoms with Gasteiger partial charge in [-0.1, -0.05) is 48.5 Å². The Hall–Kier alpha value is -3.48. The van der Waals surface area contributed by atoms with E-state index in [1.54, 1.807) is 42.2 Å². The molecule has 3 amide bonds. The van der Waals surface area contributed by atoms with Gasteiger partial charge in [-0.05, 0) is 35.6 Å². The number of amides is 3. The summed E-state index contributed by atoms with van der Waals surface area (Å²) in [6, 6.07) is 12.4. The zero-order valence-electron chi connectivity index (χ0n) is 22.1. The van der Waals surface area contributed by atoms with E-state index in [-0.39, 0.29) is 18.6 Å². The van der Waals surface area contributed by atoms with Crippen molar-refractivity contribution in [2.75, 3.05) is 17.8 Å². The summed E-state index contributed by atoms with van der Waals surface area (Å²) in [6.45, 7) is 0. The minimum absolute atomic E-state index is 0.109. The van der Waals surface area contributed by atoms with Crippen LogP contribution in [0.25, 0.3) is 10.9 Å². The van der Waals surface area contributed by atoms with Gasteiger partial charge in [0.1, 0.15) is 18.1 Å². The molecule has 0 aliphatic rings. The lowest BCUT2D eigenvalue weighted by atomic mass is 10.0. The van der Waals surface area contributed by atoms with Gasteiger partial charge in [-0.2, -0.15) is 24.4 Å². The summed E-state index contributed by atoms with van der Waals surface area (Å²) < 4.78 is 0. The number of aromatic amines is 1. The van der Waals surface area contributed by atoms with Crippen LogP contribution in [-0.2, 0) is 32.0 Å². The standard InChI is InChI=1S/C28H35N5O5S2/c1-40-12-11-20(29)25(34)31-23(14-18-15-30-21-10-6-5-9-19(18)21)27(36)32-22(13-17-7-3-2-4-8-17)26(35)33-24(16-39)28(37)38/h2-10,15,20,22-24,30,39H,11-14,16,29H2,1H3,(H,31,34)(H,32,36)(H,33,35)(H,37,38). The van der Waals surface area contributed by atoms with Gasteiger partial charge in [0.25, 0.3) is 0 Å². The number of hydrogen-bond acceptors (Lipinski definition) is 7. The predicted octanol–water partition coefficient (Wildman–Crippen LogP) is 1.50. The van der Waals surface area contributed by atoms with E-state index >= 15 is 0 Å². The SMILES string of the molecule is CSCCC(N)C(=O)NC(Cc1c[nH]c2ccccc12)C(=O)NC(Cc1ccccc1)C(=O)NC(CS)C(=O)O. The van der Waals surface area contributed by atoms with Crippen molar-refractivity contribution < 1.29 is 24.3 Å². The van der Waals surface area contributed by atoms with E-state index in [9.17, 15) is 24.3 Å². The molecule has 0 bridgehead atoms. The highest BCUT2D eigenvalue weighted by molar-refractivity contribution is 7.98. The fourth-order valence-electron chi connectivity index (χ4n) is 4.17. The number of nitrogens with one attached hydrogen (secondary N) is 4. The number of para-hydroxylation sites is 1. The topological polar surface area (TPSA) is 166 Å². The molecule has 12 heteroatoms. The van der Waals surface area contributed by atoms with E-state index in [1.165, 1.54) is 0 Å². The first kappa shape index (κ1) is 31.1. The molecule has 1 aromatic heterocycles. The third-order valence-corrected chi connectivity index (χ3v) is 7.42. The van der Waals surface area contributed by atoms with Crippen molar-refractivity contribution in [2.45, 2.75) is 43.4 Å². The van der Waals surface area contributed by atoms with Gasteiger partial charge in [0.05, 0.1) is 6.04 Å². The molecule has 0 fully saturated rings. The Morgan fingerprint density at radius 2 is 1.50 bits per heavy atom. The number of carbonyl (C=O) groups is 4. The molecule has 0 saturated heterocycles. The molecular formula is C28H35N5O5S2. The lowest BCUT2D eigenvalue weighted by molar-refractivity contribution is -0.141. The minimum atomic E-state index is -1.24. The molecule has 10 nitrogen and oxygen atoms in total. The number of carboxylic acids is 1. The third kappa shape index (κ3) is 8.77. The number of fused-ring (bicyclic) bond motifs is 1. The number of nitrogens with two attached hydrogens (primary N) is 1. The summed E-state index contributed by atoms with van der Waals surface area (Å²) >= 11 is 5.58. The van der Waals surface area contributed by atoms with Crippen LogP contribution >= 0.6 is 24.4 Å². The molecule has 0 saturated carbocycles. The molecule has 7 N–H and O–H groups in total. The maximum absolute atomic E-state index is 13.7. The quantitative estimate of drug-likeness (QED) is 0.133. The van der Waals surface area contributed by atoms with Crippen LogP contribution in [0.2, 0.25) is 0 Å². The lowest BCUT2D eigenvalue weighted by Crippen LogP contribution is -2.58. The second-order valence-corrected chi connectivity index (χ2v) is 10.7. The zero-order valence-corrected chi connectivity index (χ0v) is 23.8. The highest BCUT2D eigenvalue weighted by Crippen LogP contribution is 2.19. The Morgan fingerprint density at radius 3 is 2.15 bits per heavy atom. The van der Waals surface area contributed by atoms with Crippen LogP contribution in [0.4, 0.5) is 0 Å². The van der Waals surface area contributed by atoms with Crippen LogP contribution in [0.5, 0.6) is 0 Å². The van der Waals surface area contributed by atoms with Gasteiger partial charge in [-0.25, -0.2) is 4.79 Å². The number of aliphatic carboxylic acids is 1. The van der Waals surface area contributed by atoms with E-state index in [2.05, 4.69) is 33.6 Å². The smallest absolute Gasteiger partial charge is 0.327 e. The summed E-state index contributed by atoms with van der Waals surface area (Å²) in [5, 5.41) is 18.2. The average molecular weight is 586 g/mol. The normalized spacial score (nSPS) is 14.1. The molecule has 2 aromatic carbocycles. The number of carboxylic acid groups (broad SMARTS) is 1. The second-order valence-electron chi connectivity index (χ2n) is 9.35. The van der Waals surface area contributed by atoms with E-state index in [1.807, 2.05) is 36.6 Å². The Kier molecular flexibility index (Phi) is 11.9. The number of rotatable bonds is 15. The summed E-state index contributed by atoms with van der Waals surface area (Å²) in [6.07, 6.45) is 4.39. The predicted molar refractivity (Wildman–Crippen MR) is 160 cm³/mol. The van der Waals surface area contributed by atoms with Crippen molar-refractivity contribution in [2.24, 2.45) is 5.73 Å². The number of H-pyrrole nitrogens is 1. The van der Waals surface area contributed by atoms with Gasteiger partial charge in [0.2, 0.25) is 17.7 Å².